The standard InChI is InChI=1S/C14H22NOP/c1-4-7-12(5-2)10-15-14-11(3)8-6-9-13(14)17-16/h6,8-9,12,15H,4-5,7,10H2,1-3H3. The van der Waals surface area contributed by atoms with E-state index in [4.69, 9.17) is 0 Å². The highest BCUT2D eigenvalue weighted by molar-refractivity contribution is 7.34. The van der Waals surface area contributed by atoms with E-state index in [1.54, 1.807) is 0 Å². The summed E-state index contributed by atoms with van der Waals surface area (Å²) in [5.74, 6) is 0.704. The Balaban J connectivity index is 2.70. The molecule has 1 atom stereocenters. The Labute approximate surface area is 106 Å². The van der Waals surface area contributed by atoms with E-state index in [0.717, 1.165) is 23.1 Å². The van der Waals surface area contributed by atoms with E-state index in [1.165, 1.54) is 19.3 Å². The molecule has 0 aromatic heterocycles. The fourth-order valence-corrected chi connectivity index (χ4v) is 2.56. The minimum Gasteiger partial charge on any atom is -0.384 e. The van der Waals surface area contributed by atoms with Crippen LogP contribution in [0.1, 0.15) is 38.7 Å². The van der Waals surface area contributed by atoms with Gasteiger partial charge in [-0.1, -0.05) is 38.8 Å². The van der Waals surface area contributed by atoms with Gasteiger partial charge in [0.05, 0.1) is 11.0 Å². The van der Waals surface area contributed by atoms with Crippen LogP contribution in [0, 0.1) is 12.8 Å². The second-order valence-corrected chi connectivity index (χ2v) is 5.17. The van der Waals surface area contributed by atoms with E-state index in [1.807, 2.05) is 12.1 Å². The first-order valence-electron chi connectivity index (χ1n) is 6.39. The van der Waals surface area contributed by atoms with Gasteiger partial charge in [-0.3, -0.25) is 4.57 Å². The van der Waals surface area contributed by atoms with Crippen molar-refractivity contribution in [2.75, 3.05) is 11.9 Å². The molecule has 0 spiro atoms. The van der Waals surface area contributed by atoms with E-state index >= 15 is 0 Å². The van der Waals surface area contributed by atoms with Gasteiger partial charge in [-0.15, -0.1) is 0 Å². The van der Waals surface area contributed by atoms with Gasteiger partial charge < -0.3 is 5.32 Å². The third kappa shape index (κ3) is 4.12. The van der Waals surface area contributed by atoms with Gasteiger partial charge in [-0.25, -0.2) is 0 Å². The molecule has 1 aromatic carbocycles. The van der Waals surface area contributed by atoms with Gasteiger partial charge in [0, 0.05) is 6.54 Å². The molecule has 0 radical (unpaired) electrons. The largest absolute Gasteiger partial charge is 0.384 e. The van der Waals surface area contributed by atoms with Crippen molar-refractivity contribution in [1.29, 1.82) is 0 Å². The van der Waals surface area contributed by atoms with Crippen LogP contribution in [0.15, 0.2) is 18.2 Å². The van der Waals surface area contributed by atoms with E-state index in [2.05, 4.69) is 32.2 Å². The van der Waals surface area contributed by atoms with Crippen molar-refractivity contribution in [3.05, 3.63) is 23.8 Å². The molecule has 0 aliphatic heterocycles. The molecular formula is C14H22NOP. The van der Waals surface area contributed by atoms with Gasteiger partial charge in [-0.05, 0) is 30.9 Å². The molecule has 0 amide bonds. The van der Waals surface area contributed by atoms with Crippen molar-refractivity contribution in [3.8, 4) is 0 Å². The number of hydrogen-bond acceptors (Lipinski definition) is 2. The lowest BCUT2D eigenvalue weighted by atomic mass is 10.0. The van der Waals surface area contributed by atoms with Crippen molar-refractivity contribution in [1.82, 2.24) is 0 Å². The van der Waals surface area contributed by atoms with Gasteiger partial charge >= 0.3 is 0 Å². The average Bonchev–Trinajstić information content (AvgIpc) is 2.35. The van der Waals surface area contributed by atoms with Gasteiger partial charge in [0.2, 0.25) is 0 Å². The topological polar surface area (TPSA) is 29.1 Å². The Hall–Kier alpha value is -0.880. The van der Waals surface area contributed by atoms with Crippen LogP contribution in [-0.4, -0.2) is 6.54 Å². The highest BCUT2D eigenvalue weighted by atomic mass is 31.1. The summed E-state index contributed by atoms with van der Waals surface area (Å²) in [4.78, 5) is 0. The molecule has 0 fully saturated rings. The molecule has 17 heavy (non-hydrogen) atoms. The van der Waals surface area contributed by atoms with E-state index in [0.29, 0.717) is 5.92 Å². The average molecular weight is 251 g/mol. The molecule has 0 heterocycles. The molecule has 94 valence electrons. The monoisotopic (exact) mass is 251 g/mol. The number of benzene rings is 1. The molecule has 0 saturated heterocycles. The SMILES string of the molecule is CCCC(CC)CNc1c(C)cccc1P=O. The first kappa shape index (κ1) is 14.2. The lowest BCUT2D eigenvalue weighted by molar-refractivity contribution is 0.488. The second kappa shape index (κ2) is 7.45. The summed E-state index contributed by atoms with van der Waals surface area (Å²) < 4.78 is 11.1. The zero-order valence-electron chi connectivity index (χ0n) is 11.0. The molecule has 3 heteroatoms. The van der Waals surface area contributed by atoms with E-state index in [9.17, 15) is 4.57 Å². The summed E-state index contributed by atoms with van der Waals surface area (Å²) in [6.45, 7) is 7.47. The summed E-state index contributed by atoms with van der Waals surface area (Å²) in [5, 5.41) is 4.32. The molecule has 2 nitrogen and oxygen atoms in total. The van der Waals surface area contributed by atoms with E-state index < -0.39 is 0 Å². The summed E-state index contributed by atoms with van der Waals surface area (Å²) in [7, 11) is 0.0937. The van der Waals surface area contributed by atoms with Crippen LogP contribution < -0.4 is 10.6 Å². The fourth-order valence-electron chi connectivity index (χ4n) is 2.06. The maximum Gasteiger partial charge on any atom is 0.194 e. The summed E-state index contributed by atoms with van der Waals surface area (Å²) in [5.41, 5.74) is 2.20. The Morgan fingerprint density at radius 2 is 2.12 bits per heavy atom. The van der Waals surface area contributed by atoms with Crippen molar-refractivity contribution < 1.29 is 4.57 Å². The van der Waals surface area contributed by atoms with Crippen LogP contribution in [0.5, 0.6) is 0 Å². The smallest absolute Gasteiger partial charge is 0.194 e. The third-order valence-corrected chi connectivity index (χ3v) is 3.76. The minimum absolute atomic E-state index is 0.0937. The Morgan fingerprint density at radius 1 is 1.35 bits per heavy atom. The first-order valence-corrected chi connectivity index (χ1v) is 7.21. The maximum absolute atomic E-state index is 11.1. The molecule has 1 N–H and O–H groups in total. The predicted molar refractivity (Wildman–Crippen MR) is 75.6 cm³/mol. The zero-order chi connectivity index (χ0) is 12.7. The van der Waals surface area contributed by atoms with Gasteiger partial charge in [0.15, 0.2) is 8.46 Å². The normalized spacial score (nSPS) is 12.6. The number of hydrogen-bond donors (Lipinski definition) is 1. The molecule has 0 aliphatic carbocycles. The van der Waals surface area contributed by atoms with Crippen LogP contribution in [0.2, 0.25) is 0 Å². The quantitative estimate of drug-likeness (QED) is 0.737. The summed E-state index contributed by atoms with van der Waals surface area (Å²) in [6, 6.07) is 5.91. The maximum atomic E-state index is 11.1. The van der Waals surface area contributed by atoms with Crippen molar-refractivity contribution >= 4 is 19.5 Å². The zero-order valence-corrected chi connectivity index (χ0v) is 11.9. The Bertz CT molecular complexity index is 365. The fraction of sp³-hybridized carbons (Fsp3) is 0.571. The van der Waals surface area contributed by atoms with Crippen LogP contribution in [-0.2, 0) is 4.57 Å². The number of nitrogens with one attached hydrogen (secondary N) is 1. The van der Waals surface area contributed by atoms with Gasteiger partial charge in [-0.2, -0.15) is 0 Å². The minimum atomic E-state index is 0.0937. The molecule has 0 aliphatic rings. The molecule has 1 unspecified atom stereocenters. The number of rotatable bonds is 7. The Morgan fingerprint density at radius 3 is 2.71 bits per heavy atom. The molecule has 1 aromatic rings. The lowest BCUT2D eigenvalue weighted by Crippen LogP contribution is -2.17. The Kier molecular flexibility index (Phi) is 6.21. The first-order chi connectivity index (χ1) is 8.22. The molecule has 1 rings (SSSR count). The summed E-state index contributed by atoms with van der Waals surface area (Å²) >= 11 is 0. The van der Waals surface area contributed by atoms with Crippen LogP contribution in [0.25, 0.3) is 0 Å². The van der Waals surface area contributed by atoms with Crippen LogP contribution in [0.4, 0.5) is 5.69 Å². The van der Waals surface area contributed by atoms with Crippen LogP contribution >= 0.6 is 8.46 Å². The van der Waals surface area contributed by atoms with Gasteiger partial charge in [0.25, 0.3) is 0 Å². The summed E-state index contributed by atoms with van der Waals surface area (Å²) in [6.07, 6.45) is 3.66. The number of para-hydroxylation sites is 1. The van der Waals surface area contributed by atoms with E-state index in [-0.39, 0.29) is 8.46 Å². The number of aryl methyl sites for hydroxylation is 1. The predicted octanol–water partition coefficient (Wildman–Crippen LogP) is 4.15. The highest BCUT2D eigenvalue weighted by Gasteiger charge is 2.08. The molecule has 0 saturated carbocycles. The van der Waals surface area contributed by atoms with Crippen molar-refractivity contribution in [2.24, 2.45) is 5.92 Å². The second-order valence-electron chi connectivity index (χ2n) is 4.50. The lowest BCUT2D eigenvalue weighted by Gasteiger charge is -2.17. The number of anilines is 1. The van der Waals surface area contributed by atoms with Gasteiger partial charge in [0.1, 0.15) is 0 Å². The molecular weight excluding hydrogens is 229 g/mol. The molecule has 0 bridgehead atoms. The van der Waals surface area contributed by atoms with Crippen molar-refractivity contribution in [3.63, 3.8) is 0 Å². The highest BCUT2D eigenvalue weighted by Crippen LogP contribution is 2.18. The van der Waals surface area contributed by atoms with Crippen LogP contribution in [0.3, 0.4) is 0 Å². The third-order valence-electron chi connectivity index (χ3n) is 3.19. The van der Waals surface area contributed by atoms with Crippen molar-refractivity contribution in [2.45, 2.75) is 40.0 Å².